The number of alkyl halides is 1. The number of unbranched alkanes of at least 4 members (excludes halogenated alkanes) is 10. The maximum absolute atomic E-state index is 11.7. The molecule has 0 fully saturated rings. The van der Waals surface area contributed by atoms with Crippen molar-refractivity contribution in [2.75, 3.05) is 11.9 Å². The molecule has 0 bridgehead atoms. The zero-order chi connectivity index (χ0) is 18.7. The van der Waals surface area contributed by atoms with Gasteiger partial charge in [-0.05, 0) is 37.7 Å². The molecule has 0 unspecified atom stereocenters. The Labute approximate surface area is 169 Å². The number of benzene rings is 1. The van der Waals surface area contributed by atoms with Crippen LogP contribution >= 0.6 is 15.9 Å². The highest BCUT2D eigenvalue weighted by molar-refractivity contribution is 9.09. The highest BCUT2D eigenvalue weighted by Crippen LogP contribution is 2.11. The van der Waals surface area contributed by atoms with Crippen molar-refractivity contribution in [2.45, 2.75) is 89.9 Å². The Hall–Kier alpha value is -0.830. The summed E-state index contributed by atoms with van der Waals surface area (Å²) in [5.74, 6) is -0.0264. The van der Waals surface area contributed by atoms with E-state index in [0.29, 0.717) is 13.0 Å². The summed E-state index contributed by atoms with van der Waals surface area (Å²) in [4.78, 5) is 11.7. The minimum atomic E-state index is -0.0264. The molecule has 0 amide bonds. The SMILES string of the molecule is O=C(CCCCc1ccccc1)OCCCCCCCCCCCCBr. The lowest BCUT2D eigenvalue weighted by Gasteiger charge is -2.05. The van der Waals surface area contributed by atoms with Gasteiger partial charge in [0.05, 0.1) is 6.61 Å². The zero-order valence-electron chi connectivity index (χ0n) is 16.4. The van der Waals surface area contributed by atoms with E-state index in [4.69, 9.17) is 4.74 Å². The van der Waals surface area contributed by atoms with Gasteiger partial charge in [0.2, 0.25) is 0 Å². The Kier molecular flexibility index (Phi) is 15.7. The number of carbonyl (C=O) groups excluding carboxylic acids is 1. The molecule has 148 valence electrons. The molecule has 0 saturated heterocycles. The fourth-order valence-corrected chi connectivity index (χ4v) is 3.51. The van der Waals surface area contributed by atoms with Crippen molar-refractivity contribution >= 4 is 21.9 Å². The van der Waals surface area contributed by atoms with E-state index < -0.39 is 0 Å². The fraction of sp³-hybridized carbons (Fsp3) is 0.696. The average molecular weight is 425 g/mol. The van der Waals surface area contributed by atoms with Gasteiger partial charge in [-0.3, -0.25) is 4.79 Å². The summed E-state index contributed by atoms with van der Waals surface area (Å²) in [5.41, 5.74) is 1.35. The minimum absolute atomic E-state index is 0.0264. The van der Waals surface area contributed by atoms with Crippen molar-refractivity contribution in [1.29, 1.82) is 0 Å². The lowest BCUT2D eigenvalue weighted by atomic mass is 10.1. The number of carbonyl (C=O) groups is 1. The predicted molar refractivity (Wildman–Crippen MR) is 115 cm³/mol. The van der Waals surface area contributed by atoms with E-state index in [-0.39, 0.29) is 5.97 Å². The standard InChI is InChI=1S/C23H37BrO2/c24-20-14-7-5-3-1-2-4-6-8-15-21-26-23(25)19-13-12-18-22-16-10-9-11-17-22/h9-11,16-17H,1-8,12-15,18-21H2. The van der Waals surface area contributed by atoms with Gasteiger partial charge in [-0.25, -0.2) is 0 Å². The number of hydrogen-bond acceptors (Lipinski definition) is 2. The first kappa shape index (κ1) is 23.2. The van der Waals surface area contributed by atoms with Crippen LogP contribution in [-0.4, -0.2) is 17.9 Å². The van der Waals surface area contributed by atoms with Gasteiger partial charge in [0.1, 0.15) is 0 Å². The summed E-state index contributed by atoms with van der Waals surface area (Å²) in [6, 6.07) is 10.4. The Morgan fingerprint density at radius 3 is 1.92 bits per heavy atom. The van der Waals surface area contributed by atoms with Crippen LogP contribution in [-0.2, 0) is 16.0 Å². The minimum Gasteiger partial charge on any atom is -0.466 e. The van der Waals surface area contributed by atoms with E-state index in [0.717, 1.165) is 31.0 Å². The Bertz CT molecular complexity index is 433. The van der Waals surface area contributed by atoms with Gasteiger partial charge in [-0.1, -0.05) is 97.6 Å². The van der Waals surface area contributed by atoms with Gasteiger partial charge in [0, 0.05) is 11.8 Å². The van der Waals surface area contributed by atoms with E-state index in [9.17, 15) is 4.79 Å². The van der Waals surface area contributed by atoms with E-state index >= 15 is 0 Å². The molecule has 0 atom stereocenters. The first-order valence-electron chi connectivity index (χ1n) is 10.6. The van der Waals surface area contributed by atoms with Gasteiger partial charge in [-0.2, -0.15) is 0 Å². The van der Waals surface area contributed by atoms with Crippen LogP contribution in [0.3, 0.4) is 0 Å². The fourth-order valence-electron chi connectivity index (χ4n) is 3.11. The summed E-state index contributed by atoms with van der Waals surface area (Å²) in [6.07, 6.45) is 16.5. The number of aryl methyl sites for hydroxylation is 1. The van der Waals surface area contributed by atoms with Gasteiger partial charge >= 0.3 is 5.97 Å². The number of rotatable bonds is 17. The number of halogens is 1. The molecule has 0 heterocycles. The van der Waals surface area contributed by atoms with E-state index in [1.807, 2.05) is 6.07 Å². The summed E-state index contributed by atoms with van der Waals surface area (Å²) in [6.45, 7) is 0.601. The van der Waals surface area contributed by atoms with Crippen LogP contribution < -0.4 is 0 Å². The van der Waals surface area contributed by atoms with Gasteiger partial charge in [0.25, 0.3) is 0 Å². The van der Waals surface area contributed by atoms with Crippen molar-refractivity contribution in [2.24, 2.45) is 0 Å². The van der Waals surface area contributed by atoms with E-state index in [1.165, 1.54) is 63.4 Å². The Morgan fingerprint density at radius 1 is 0.731 bits per heavy atom. The van der Waals surface area contributed by atoms with Crippen molar-refractivity contribution in [1.82, 2.24) is 0 Å². The predicted octanol–water partition coefficient (Wildman–Crippen LogP) is 7.24. The molecule has 0 radical (unpaired) electrons. The van der Waals surface area contributed by atoms with Crippen LogP contribution in [0.2, 0.25) is 0 Å². The maximum Gasteiger partial charge on any atom is 0.305 e. The molecular formula is C23H37BrO2. The highest BCUT2D eigenvalue weighted by Gasteiger charge is 2.02. The smallest absolute Gasteiger partial charge is 0.305 e. The molecule has 0 aliphatic carbocycles. The zero-order valence-corrected chi connectivity index (χ0v) is 18.0. The molecule has 1 aromatic rings. The van der Waals surface area contributed by atoms with Crippen LogP contribution in [0.5, 0.6) is 0 Å². The first-order chi connectivity index (χ1) is 12.8. The van der Waals surface area contributed by atoms with Gasteiger partial charge in [0.15, 0.2) is 0 Å². The van der Waals surface area contributed by atoms with Crippen LogP contribution in [0.25, 0.3) is 0 Å². The summed E-state index contributed by atoms with van der Waals surface area (Å²) >= 11 is 3.48. The third-order valence-electron chi connectivity index (χ3n) is 4.73. The molecule has 3 heteroatoms. The Balaban J connectivity index is 1.79. The molecule has 26 heavy (non-hydrogen) atoms. The average Bonchev–Trinajstić information content (AvgIpc) is 2.67. The molecular weight excluding hydrogens is 388 g/mol. The van der Waals surface area contributed by atoms with Crippen molar-refractivity contribution < 1.29 is 9.53 Å². The highest BCUT2D eigenvalue weighted by atomic mass is 79.9. The van der Waals surface area contributed by atoms with Gasteiger partial charge < -0.3 is 4.74 Å². The second-order valence-corrected chi connectivity index (χ2v) is 7.93. The van der Waals surface area contributed by atoms with Crippen molar-refractivity contribution in [3.8, 4) is 0 Å². The first-order valence-corrected chi connectivity index (χ1v) is 11.7. The summed E-state index contributed by atoms with van der Waals surface area (Å²) < 4.78 is 5.33. The third kappa shape index (κ3) is 14.4. The molecule has 0 spiro atoms. The van der Waals surface area contributed by atoms with E-state index in [2.05, 4.69) is 40.2 Å². The third-order valence-corrected chi connectivity index (χ3v) is 5.29. The maximum atomic E-state index is 11.7. The monoisotopic (exact) mass is 424 g/mol. The lowest BCUT2D eigenvalue weighted by Crippen LogP contribution is -2.05. The number of esters is 1. The van der Waals surface area contributed by atoms with Crippen LogP contribution in [0.1, 0.15) is 89.0 Å². The second kappa shape index (κ2) is 17.6. The van der Waals surface area contributed by atoms with Gasteiger partial charge in [-0.15, -0.1) is 0 Å². The van der Waals surface area contributed by atoms with Crippen molar-refractivity contribution in [3.05, 3.63) is 35.9 Å². The Morgan fingerprint density at radius 2 is 1.31 bits per heavy atom. The largest absolute Gasteiger partial charge is 0.466 e. The number of ether oxygens (including phenoxy) is 1. The molecule has 0 N–H and O–H groups in total. The quantitative estimate of drug-likeness (QED) is 0.149. The second-order valence-electron chi connectivity index (χ2n) is 7.14. The molecule has 0 aromatic heterocycles. The van der Waals surface area contributed by atoms with E-state index in [1.54, 1.807) is 0 Å². The lowest BCUT2D eigenvalue weighted by molar-refractivity contribution is -0.143. The summed E-state index contributed by atoms with van der Waals surface area (Å²) in [7, 11) is 0. The van der Waals surface area contributed by atoms with Crippen LogP contribution in [0, 0.1) is 0 Å². The summed E-state index contributed by atoms with van der Waals surface area (Å²) in [5, 5.41) is 1.14. The van der Waals surface area contributed by atoms with Crippen LogP contribution in [0.4, 0.5) is 0 Å². The van der Waals surface area contributed by atoms with Crippen molar-refractivity contribution in [3.63, 3.8) is 0 Å². The molecule has 0 aliphatic heterocycles. The molecule has 0 saturated carbocycles. The topological polar surface area (TPSA) is 26.3 Å². The molecule has 1 rings (SSSR count). The normalized spacial score (nSPS) is 10.8. The molecule has 1 aromatic carbocycles. The van der Waals surface area contributed by atoms with Crippen LogP contribution in [0.15, 0.2) is 30.3 Å². The molecule has 0 aliphatic rings. The molecule has 2 nitrogen and oxygen atoms in total. The number of hydrogen-bond donors (Lipinski definition) is 0.